The molecule has 0 aliphatic heterocycles. The minimum absolute atomic E-state index is 0.0990. The number of hydrogen-bond donors (Lipinski definition) is 2. The Kier molecular flexibility index (Phi) is 5.83. The Labute approximate surface area is 197 Å². The Morgan fingerprint density at radius 3 is 1.88 bits per heavy atom. The van der Waals surface area contributed by atoms with E-state index in [1.54, 1.807) is 12.1 Å². The van der Waals surface area contributed by atoms with E-state index in [2.05, 4.69) is 17.4 Å². The number of benzene rings is 4. The Bertz CT molecular complexity index is 1300. The van der Waals surface area contributed by atoms with Gasteiger partial charge in [-0.1, -0.05) is 103 Å². The second-order valence-electron chi connectivity index (χ2n) is 8.19. The number of alkyl carbamates (subject to hydrolysis) is 1. The second kappa shape index (κ2) is 9.24. The van der Waals surface area contributed by atoms with Gasteiger partial charge < -0.3 is 15.2 Å². The van der Waals surface area contributed by atoms with Gasteiger partial charge in [-0.2, -0.15) is 0 Å². The lowest BCUT2D eigenvalue weighted by Gasteiger charge is -2.20. The zero-order valence-electron chi connectivity index (χ0n) is 18.3. The van der Waals surface area contributed by atoms with E-state index in [-0.39, 0.29) is 12.5 Å². The molecule has 1 aliphatic carbocycles. The van der Waals surface area contributed by atoms with Crippen molar-refractivity contribution >= 4 is 12.1 Å². The predicted molar refractivity (Wildman–Crippen MR) is 130 cm³/mol. The van der Waals surface area contributed by atoms with Crippen molar-refractivity contribution in [3.63, 3.8) is 0 Å². The van der Waals surface area contributed by atoms with Crippen molar-refractivity contribution in [3.8, 4) is 22.3 Å². The first-order valence-corrected chi connectivity index (χ1v) is 11.1. The standard InChI is InChI=1S/C29H23NO4/c31-28(32)27(25-17-9-4-12-20(25)19-10-2-1-3-11-19)30-29(33)34-18-26-23-15-7-5-13-21(23)22-14-6-8-16-24(22)26/h1-17,26-27H,18H2,(H,30,33)(H,31,32). The normalized spacial score (nSPS) is 12.9. The summed E-state index contributed by atoms with van der Waals surface area (Å²) in [4.78, 5) is 24.9. The fourth-order valence-corrected chi connectivity index (χ4v) is 4.66. The van der Waals surface area contributed by atoms with Gasteiger partial charge in [-0.3, -0.25) is 0 Å². The number of carbonyl (C=O) groups is 2. The number of ether oxygens (including phenoxy) is 1. The van der Waals surface area contributed by atoms with Gasteiger partial charge in [0.1, 0.15) is 6.61 Å². The smallest absolute Gasteiger partial charge is 0.408 e. The highest BCUT2D eigenvalue weighted by Gasteiger charge is 2.30. The van der Waals surface area contributed by atoms with Crippen molar-refractivity contribution in [2.75, 3.05) is 6.61 Å². The molecule has 0 fully saturated rings. The molecule has 168 valence electrons. The molecule has 0 heterocycles. The van der Waals surface area contributed by atoms with Crippen LogP contribution in [0.25, 0.3) is 22.3 Å². The molecule has 4 aromatic carbocycles. The lowest BCUT2D eigenvalue weighted by molar-refractivity contribution is -0.139. The van der Waals surface area contributed by atoms with Crippen molar-refractivity contribution in [2.24, 2.45) is 0 Å². The topological polar surface area (TPSA) is 75.6 Å². The number of carboxylic acids is 1. The van der Waals surface area contributed by atoms with Gasteiger partial charge in [-0.05, 0) is 38.9 Å². The third-order valence-electron chi connectivity index (χ3n) is 6.21. The molecule has 5 rings (SSSR count). The fraction of sp³-hybridized carbons (Fsp3) is 0.103. The molecule has 4 aromatic rings. The zero-order chi connectivity index (χ0) is 23.5. The highest BCUT2D eigenvalue weighted by atomic mass is 16.5. The van der Waals surface area contributed by atoms with Crippen LogP contribution in [-0.2, 0) is 9.53 Å². The minimum Gasteiger partial charge on any atom is -0.479 e. The maximum Gasteiger partial charge on any atom is 0.408 e. The number of hydrogen-bond acceptors (Lipinski definition) is 3. The molecule has 34 heavy (non-hydrogen) atoms. The number of nitrogens with one attached hydrogen (secondary N) is 1. The SMILES string of the molecule is O=C(NC(C(=O)O)c1ccccc1-c1ccccc1)OCC1c2ccccc2-c2ccccc21. The fourth-order valence-electron chi connectivity index (χ4n) is 4.66. The summed E-state index contributed by atoms with van der Waals surface area (Å²) in [5, 5.41) is 12.5. The van der Waals surface area contributed by atoms with Crippen LogP contribution >= 0.6 is 0 Å². The summed E-state index contributed by atoms with van der Waals surface area (Å²) in [6, 6.07) is 31.6. The van der Waals surface area contributed by atoms with Gasteiger partial charge in [-0.25, -0.2) is 9.59 Å². The van der Waals surface area contributed by atoms with Gasteiger partial charge in [0.25, 0.3) is 0 Å². The molecule has 0 aromatic heterocycles. The average Bonchev–Trinajstić information content (AvgIpc) is 3.20. The molecule has 2 N–H and O–H groups in total. The second-order valence-corrected chi connectivity index (χ2v) is 8.19. The van der Waals surface area contributed by atoms with Crippen molar-refractivity contribution in [3.05, 3.63) is 120 Å². The maximum atomic E-state index is 12.8. The Morgan fingerprint density at radius 2 is 1.26 bits per heavy atom. The van der Waals surface area contributed by atoms with E-state index in [0.29, 0.717) is 5.56 Å². The summed E-state index contributed by atoms with van der Waals surface area (Å²) in [6.45, 7) is 0.118. The van der Waals surface area contributed by atoms with Gasteiger partial charge in [0.15, 0.2) is 6.04 Å². The summed E-state index contributed by atoms with van der Waals surface area (Å²) >= 11 is 0. The van der Waals surface area contributed by atoms with Crippen LogP contribution in [0.5, 0.6) is 0 Å². The molecule has 0 saturated heterocycles. The van der Waals surface area contributed by atoms with Crippen molar-refractivity contribution in [1.29, 1.82) is 0 Å². The lowest BCUT2D eigenvalue weighted by Crippen LogP contribution is -2.35. The van der Waals surface area contributed by atoms with Gasteiger partial charge in [-0.15, -0.1) is 0 Å². The van der Waals surface area contributed by atoms with Crippen LogP contribution in [-0.4, -0.2) is 23.8 Å². The molecule has 5 heteroatoms. The van der Waals surface area contributed by atoms with E-state index in [4.69, 9.17) is 4.74 Å². The van der Waals surface area contributed by atoms with Crippen LogP contribution in [0, 0.1) is 0 Å². The lowest BCUT2D eigenvalue weighted by atomic mass is 9.95. The summed E-state index contributed by atoms with van der Waals surface area (Å²) in [7, 11) is 0. The number of aliphatic carboxylic acids is 1. The van der Waals surface area contributed by atoms with Crippen LogP contribution in [0.15, 0.2) is 103 Å². The third-order valence-corrected chi connectivity index (χ3v) is 6.21. The molecule has 1 aliphatic rings. The number of fused-ring (bicyclic) bond motifs is 3. The van der Waals surface area contributed by atoms with Crippen LogP contribution in [0.1, 0.15) is 28.7 Å². The summed E-state index contributed by atoms with van der Waals surface area (Å²) in [6.07, 6.45) is -0.767. The van der Waals surface area contributed by atoms with Crippen molar-refractivity contribution in [2.45, 2.75) is 12.0 Å². The Hall–Kier alpha value is -4.38. The first-order chi connectivity index (χ1) is 16.6. The molecule has 1 amide bonds. The number of rotatable bonds is 6. The molecular weight excluding hydrogens is 426 g/mol. The molecule has 0 radical (unpaired) electrons. The molecule has 0 spiro atoms. The Balaban J connectivity index is 1.35. The summed E-state index contributed by atoms with van der Waals surface area (Å²) < 4.78 is 5.57. The molecule has 5 nitrogen and oxygen atoms in total. The van der Waals surface area contributed by atoms with E-state index in [9.17, 15) is 14.7 Å². The predicted octanol–water partition coefficient (Wildman–Crippen LogP) is 6.02. The zero-order valence-corrected chi connectivity index (χ0v) is 18.3. The van der Waals surface area contributed by atoms with E-state index in [0.717, 1.165) is 33.4 Å². The van der Waals surface area contributed by atoms with Crippen molar-refractivity contribution < 1.29 is 19.4 Å². The van der Waals surface area contributed by atoms with Gasteiger partial charge in [0.2, 0.25) is 0 Å². The molecular formula is C29H23NO4. The van der Waals surface area contributed by atoms with Crippen LogP contribution in [0.2, 0.25) is 0 Å². The van der Waals surface area contributed by atoms with Crippen LogP contribution < -0.4 is 5.32 Å². The maximum absolute atomic E-state index is 12.8. The summed E-state index contributed by atoms with van der Waals surface area (Å²) in [5.41, 5.74) is 6.57. The number of carboxylic acid groups (broad SMARTS) is 1. The highest BCUT2D eigenvalue weighted by Crippen LogP contribution is 2.44. The van der Waals surface area contributed by atoms with E-state index in [1.807, 2.05) is 78.9 Å². The van der Waals surface area contributed by atoms with E-state index < -0.39 is 18.1 Å². The average molecular weight is 450 g/mol. The first kappa shape index (κ1) is 21.5. The molecule has 1 atom stereocenters. The monoisotopic (exact) mass is 449 g/mol. The minimum atomic E-state index is -1.24. The quantitative estimate of drug-likeness (QED) is 0.378. The largest absolute Gasteiger partial charge is 0.479 e. The number of carbonyl (C=O) groups excluding carboxylic acids is 1. The third kappa shape index (κ3) is 4.04. The van der Waals surface area contributed by atoms with Crippen molar-refractivity contribution in [1.82, 2.24) is 5.32 Å². The molecule has 1 unspecified atom stereocenters. The van der Waals surface area contributed by atoms with Gasteiger partial charge >= 0.3 is 12.1 Å². The number of amides is 1. The van der Waals surface area contributed by atoms with Gasteiger partial charge in [0.05, 0.1) is 0 Å². The summed E-state index contributed by atoms with van der Waals surface area (Å²) in [5.74, 6) is -1.25. The Morgan fingerprint density at radius 1 is 0.735 bits per heavy atom. The van der Waals surface area contributed by atoms with E-state index >= 15 is 0 Å². The molecule has 0 bridgehead atoms. The molecule has 0 saturated carbocycles. The highest BCUT2D eigenvalue weighted by molar-refractivity contribution is 5.85. The first-order valence-electron chi connectivity index (χ1n) is 11.1. The van der Waals surface area contributed by atoms with Crippen LogP contribution in [0.3, 0.4) is 0 Å². The van der Waals surface area contributed by atoms with Gasteiger partial charge in [0, 0.05) is 5.92 Å². The van der Waals surface area contributed by atoms with E-state index in [1.165, 1.54) is 0 Å². The van der Waals surface area contributed by atoms with Crippen LogP contribution in [0.4, 0.5) is 4.79 Å².